The molecule has 0 radical (unpaired) electrons. The Balaban J connectivity index is 0.00000560. The summed E-state index contributed by atoms with van der Waals surface area (Å²) in [5.74, 6) is -1.61. The molecule has 1 saturated carbocycles. The normalized spacial score (nSPS) is 21.9. The Morgan fingerprint density at radius 1 is 1.05 bits per heavy atom. The van der Waals surface area contributed by atoms with Crippen LogP contribution in [0.25, 0.3) is 0 Å². The van der Waals surface area contributed by atoms with Crippen molar-refractivity contribution in [1.82, 2.24) is 4.90 Å². The van der Waals surface area contributed by atoms with Gasteiger partial charge < -0.3 is 14.7 Å². The van der Waals surface area contributed by atoms with Crippen LogP contribution in [0.1, 0.15) is 84.1 Å². The van der Waals surface area contributed by atoms with Gasteiger partial charge in [-0.05, 0) is 43.1 Å². The van der Waals surface area contributed by atoms with Gasteiger partial charge in [0.15, 0.2) is 0 Å². The van der Waals surface area contributed by atoms with Crippen molar-refractivity contribution in [2.24, 2.45) is 17.8 Å². The molecule has 222 valence electrons. The van der Waals surface area contributed by atoms with Crippen molar-refractivity contribution in [1.29, 1.82) is 0 Å². The quantitative estimate of drug-likeness (QED) is 0.104. The number of nitrogens with zero attached hydrogens (tertiary/aromatic N) is 1. The third-order valence-corrected chi connectivity index (χ3v) is 10.4. The summed E-state index contributed by atoms with van der Waals surface area (Å²) in [5.41, 5.74) is 1.18. The lowest BCUT2D eigenvalue weighted by atomic mass is 9.79. The Bertz CT molecular complexity index is 999. The van der Waals surface area contributed by atoms with Gasteiger partial charge in [0, 0.05) is 25.0 Å². The largest absolute Gasteiger partial charge is 0.480 e. The van der Waals surface area contributed by atoms with Gasteiger partial charge in [0.2, 0.25) is 19.6 Å². The van der Waals surface area contributed by atoms with E-state index in [1.807, 2.05) is 44.2 Å². The highest BCUT2D eigenvalue weighted by atomic mass is 31.2. The van der Waals surface area contributed by atoms with E-state index < -0.39 is 37.5 Å². The number of likely N-dealkylation sites (tertiary alicyclic amines) is 1. The minimum Gasteiger partial charge on any atom is -0.480 e. The Kier molecular flexibility index (Phi) is 14.7. The molecule has 3 rings (SSSR count). The summed E-state index contributed by atoms with van der Waals surface area (Å²) in [5, 5.41) is 9.92. The minimum atomic E-state index is -3.60. The van der Waals surface area contributed by atoms with Crippen LogP contribution in [0.2, 0.25) is 0 Å². The van der Waals surface area contributed by atoms with Crippen LogP contribution < -0.4 is 0 Å². The van der Waals surface area contributed by atoms with Crippen LogP contribution in [0.3, 0.4) is 0 Å². The second kappa shape index (κ2) is 16.9. The molecule has 1 N–H and O–H groups in total. The van der Waals surface area contributed by atoms with Crippen molar-refractivity contribution < 1.29 is 33.3 Å². The fraction of sp³-hybridized carbons (Fsp3) is 0.700. The molecule has 1 aromatic carbocycles. The lowest BCUT2D eigenvalue weighted by Crippen LogP contribution is -2.42. The fourth-order valence-electron chi connectivity index (χ4n) is 5.80. The summed E-state index contributed by atoms with van der Waals surface area (Å²) in [6.45, 7) is 5.68. The van der Waals surface area contributed by atoms with Gasteiger partial charge in [0.05, 0.1) is 0 Å². The average Bonchev–Trinajstić information content (AvgIpc) is 3.38. The molecule has 0 bridgehead atoms. The summed E-state index contributed by atoms with van der Waals surface area (Å²) in [6, 6.07) is 9.10. The van der Waals surface area contributed by atoms with Crippen LogP contribution in [0.15, 0.2) is 30.3 Å². The number of carbonyl (C=O) groups is 3. The molecular formula is C30H48MgNO7P. The van der Waals surface area contributed by atoms with E-state index in [2.05, 4.69) is 0 Å². The van der Waals surface area contributed by atoms with E-state index in [-0.39, 0.29) is 53.6 Å². The fourth-order valence-corrected chi connectivity index (χ4v) is 8.10. The number of ether oxygens (including phenoxy) is 1. The molecule has 1 aromatic rings. The highest BCUT2D eigenvalue weighted by molar-refractivity contribution is 7.59. The maximum absolute atomic E-state index is 14.2. The first-order chi connectivity index (χ1) is 18.6. The average molecular weight is 590 g/mol. The van der Waals surface area contributed by atoms with Gasteiger partial charge in [-0.15, -0.1) is 0 Å². The minimum absolute atomic E-state index is 0. The number of aliphatic carboxylic acids is 1. The maximum atomic E-state index is 14.2. The van der Waals surface area contributed by atoms with Crippen molar-refractivity contribution in [3.8, 4) is 0 Å². The third kappa shape index (κ3) is 10.4. The second-order valence-electron chi connectivity index (χ2n) is 11.5. The molecule has 40 heavy (non-hydrogen) atoms. The molecular weight excluding hydrogens is 542 g/mol. The number of carboxylic acids is 1. The molecule has 1 heterocycles. The maximum Gasteiger partial charge on any atom is 0.326 e. The molecule has 1 aliphatic carbocycles. The highest BCUT2D eigenvalue weighted by Crippen LogP contribution is 2.51. The summed E-state index contributed by atoms with van der Waals surface area (Å²) in [4.78, 5) is 39.2. The number of hydrogen-bond donors (Lipinski definition) is 1. The molecule has 10 heteroatoms. The number of aryl methyl sites for hydroxylation is 1. The van der Waals surface area contributed by atoms with Crippen LogP contribution in [-0.2, 0) is 34.6 Å². The van der Waals surface area contributed by atoms with Crippen molar-refractivity contribution in [3.63, 3.8) is 0 Å². The van der Waals surface area contributed by atoms with Crippen LogP contribution in [0.4, 0.5) is 0 Å². The number of amides is 1. The highest BCUT2D eigenvalue weighted by Gasteiger charge is 2.44. The van der Waals surface area contributed by atoms with E-state index in [9.17, 15) is 24.1 Å². The number of carboxylic acid groups (broad SMARTS) is 1. The number of carbonyl (C=O) groups excluding carboxylic acids is 2. The Morgan fingerprint density at radius 3 is 2.33 bits per heavy atom. The Labute approximate surface area is 255 Å². The van der Waals surface area contributed by atoms with E-state index in [1.54, 1.807) is 6.92 Å². The second-order valence-corrected chi connectivity index (χ2v) is 14.1. The van der Waals surface area contributed by atoms with Gasteiger partial charge in [-0.2, -0.15) is 0 Å². The molecule has 1 amide bonds. The zero-order valence-electron chi connectivity index (χ0n) is 23.8. The van der Waals surface area contributed by atoms with E-state index in [0.29, 0.717) is 25.3 Å². The van der Waals surface area contributed by atoms with Crippen molar-refractivity contribution in [3.05, 3.63) is 35.9 Å². The van der Waals surface area contributed by atoms with Gasteiger partial charge in [0.25, 0.3) is 0 Å². The summed E-state index contributed by atoms with van der Waals surface area (Å²) >= 11 is 0. The van der Waals surface area contributed by atoms with Crippen LogP contribution in [0.5, 0.6) is 0 Å². The number of esters is 1. The monoisotopic (exact) mass is 589 g/mol. The number of unbranched alkanes of at least 4 members (excludes halogenated alkanes) is 1. The van der Waals surface area contributed by atoms with Crippen LogP contribution >= 0.6 is 7.37 Å². The first-order valence-corrected chi connectivity index (χ1v) is 16.6. The summed E-state index contributed by atoms with van der Waals surface area (Å²) in [6.07, 6.45) is 7.12. The first-order valence-electron chi connectivity index (χ1n) is 14.6. The van der Waals surface area contributed by atoms with Gasteiger partial charge in [-0.3, -0.25) is 18.7 Å². The SMILES string of the molecule is CCC(=O)OC(O[P@](=O)(CCCCc1ccccc1)CC(=O)N1C[C@H](C2CCCCC2)C[C@H]1C(=O)O)C(C)C.[MgH2]. The molecule has 2 aliphatic rings. The Morgan fingerprint density at radius 2 is 1.73 bits per heavy atom. The molecule has 1 saturated heterocycles. The molecule has 0 spiro atoms. The van der Waals surface area contributed by atoms with Crippen molar-refractivity contribution >= 4 is 48.3 Å². The van der Waals surface area contributed by atoms with Gasteiger partial charge in [0.1, 0.15) is 12.2 Å². The zero-order chi connectivity index (χ0) is 28.4. The van der Waals surface area contributed by atoms with Crippen LogP contribution in [0, 0.1) is 17.8 Å². The van der Waals surface area contributed by atoms with Gasteiger partial charge in [-0.1, -0.05) is 83.2 Å². The van der Waals surface area contributed by atoms with E-state index in [4.69, 9.17) is 9.26 Å². The van der Waals surface area contributed by atoms with E-state index in [0.717, 1.165) is 38.5 Å². The lowest BCUT2D eigenvalue weighted by molar-refractivity contribution is -0.169. The molecule has 1 aliphatic heterocycles. The predicted octanol–water partition coefficient (Wildman–Crippen LogP) is 5.21. The molecule has 4 atom stereocenters. The number of rotatable bonds is 14. The van der Waals surface area contributed by atoms with Crippen molar-refractivity contribution in [2.75, 3.05) is 18.9 Å². The topological polar surface area (TPSA) is 110 Å². The van der Waals surface area contributed by atoms with Gasteiger partial charge >= 0.3 is 35.0 Å². The molecule has 2 fully saturated rings. The smallest absolute Gasteiger partial charge is 0.326 e. The van der Waals surface area contributed by atoms with Crippen molar-refractivity contribution in [2.45, 2.75) is 97.3 Å². The van der Waals surface area contributed by atoms with Crippen LogP contribution in [-0.4, -0.2) is 82.1 Å². The summed E-state index contributed by atoms with van der Waals surface area (Å²) < 4.78 is 25.7. The number of hydrogen-bond acceptors (Lipinski definition) is 6. The van der Waals surface area contributed by atoms with E-state index in [1.165, 1.54) is 16.9 Å². The lowest BCUT2D eigenvalue weighted by Gasteiger charge is -2.30. The van der Waals surface area contributed by atoms with Gasteiger partial charge in [-0.25, -0.2) is 4.79 Å². The molecule has 0 aromatic heterocycles. The predicted molar refractivity (Wildman–Crippen MR) is 159 cm³/mol. The molecule has 8 nitrogen and oxygen atoms in total. The molecule has 1 unspecified atom stereocenters. The Hall–Kier alpha value is -1.41. The first kappa shape index (κ1) is 34.8. The third-order valence-electron chi connectivity index (χ3n) is 8.07. The zero-order valence-corrected chi connectivity index (χ0v) is 24.7. The van der Waals surface area contributed by atoms with E-state index >= 15 is 0 Å². The number of benzene rings is 1. The summed E-state index contributed by atoms with van der Waals surface area (Å²) in [7, 11) is -3.60. The standard InChI is InChI=1S/C30H46NO7P.Mg.2H/c1-4-28(33)37-30(22(2)3)38-39(36,18-12-11-15-23-13-7-5-8-14-23)21-27(32)31-20-25(19-26(31)29(34)35)24-16-9-6-10-17-24;;;/h5,7-8,13-14,22,24-26,30H,4,6,9-12,15-21H2,1-3H3,(H,34,35);;;/t25-,26+,30?,39-;;;/m1.../s1.